The molecule has 0 aromatic heterocycles. The minimum absolute atomic E-state index is 0.109. The van der Waals surface area contributed by atoms with E-state index in [2.05, 4.69) is 5.10 Å². The fourth-order valence-corrected chi connectivity index (χ4v) is 1.40. The molecular formula is C11H11FN2O2. The Morgan fingerprint density at radius 1 is 1.50 bits per heavy atom. The number of carbonyl (C=O) groups excluding carboxylic acids is 1. The summed E-state index contributed by atoms with van der Waals surface area (Å²) in [5.74, 6) is 0.0869. The second-order valence-corrected chi connectivity index (χ2v) is 3.49. The molecular weight excluding hydrogens is 211 g/mol. The number of Topliss-reactive ketones (excluding diaryl/α,β-unsaturated/α-hetero) is 1. The van der Waals surface area contributed by atoms with Crippen LogP contribution in [-0.2, 0) is 4.74 Å². The zero-order valence-corrected chi connectivity index (χ0v) is 8.81. The first-order valence-corrected chi connectivity index (χ1v) is 4.87. The average molecular weight is 222 g/mol. The number of nitrogens with zero attached hydrogens (tertiary/aromatic N) is 2. The molecule has 1 aliphatic heterocycles. The van der Waals surface area contributed by atoms with Crippen LogP contribution in [0.5, 0.6) is 0 Å². The van der Waals surface area contributed by atoms with Crippen molar-refractivity contribution in [2.75, 3.05) is 13.3 Å². The molecule has 0 atom stereocenters. The predicted molar refractivity (Wildman–Crippen MR) is 56.5 cm³/mol. The van der Waals surface area contributed by atoms with E-state index in [9.17, 15) is 9.18 Å². The van der Waals surface area contributed by atoms with E-state index < -0.39 is 0 Å². The van der Waals surface area contributed by atoms with Gasteiger partial charge in [0.1, 0.15) is 12.4 Å². The van der Waals surface area contributed by atoms with Crippen LogP contribution in [0.15, 0.2) is 29.4 Å². The molecule has 0 radical (unpaired) electrons. The second kappa shape index (κ2) is 4.30. The van der Waals surface area contributed by atoms with E-state index in [1.165, 1.54) is 29.3 Å². The Kier molecular flexibility index (Phi) is 2.85. The Labute approximate surface area is 92.3 Å². The summed E-state index contributed by atoms with van der Waals surface area (Å²) in [6, 6.07) is 5.46. The molecule has 0 N–H and O–H groups in total. The molecule has 84 valence electrons. The molecule has 0 bridgehead atoms. The summed E-state index contributed by atoms with van der Waals surface area (Å²) < 4.78 is 17.7. The van der Waals surface area contributed by atoms with Crippen molar-refractivity contribution in [1.82, 2.24) is 5.01 Å². The average Bonchev–Trinajstić information content (AvgIpc) is 2.65. The number of benzene rings is 1. The lowest BCUT2D eigenvalue weighted by molar-refractivity contribution is 0.0886. The van der Waals surface area contributed by atoms with Crippen LogP contribution in [0, 0.1) is 5.82 Å². The second-order valence-electron chi connectivity index (χ2n) is 3.49. The van der Waals surface area contributed by atoms with Crippen molar-refractivity contribution in [2.24, 2.45) is 5.10 Å². The van der Waals surface area contributed by atoms with Crippen LogP contribution in [-0.4, -0.2) is 30.0 Å². The normalized spacial score (nSPS) is 14.6. The lowest BCUT2D eigenvalue weighted by Gasteiger charge is -2.09. The summed E-state index contributed by atoms with van der Waals surface area (Å²) in [4.78, 5) is 11.7. The molecule has 1 aromatic carbocycles. The van der Waals surface area contributed by atoms with E-state index in [0.29, 0.717) is 18.2 Å². The maximum Gasteiger partial charge on any atom is 0.204 e. The number of rotatable bonds is 3. The van der Waals surface area contributed by atoms with E-state index in [1.807, 2.05) is 0 Å². The zero-order valence-electron chi connectivity index (χ0n) is 8.81. The third-order valence-electron chi connectivity index (χ3n) is 2.20. The minimum atomic E-state index is -0.352. The molecule has 5 heteroatoms. The van der Waals surface area contributed by atoms with E-state index >= 15 is 0 Å². The van der Waals surface area contributed by atoms with Gasteiger partial charge in [0, 0.05) is 12.5 Å². The van der Waals surface area contributed by atoms with Gasteiger partial charge in [0.25, 0.3) is 0 Å². The monoisotopic (exact) mass is 222 g/mol. The number of hydrogen-bond acceptors (Lipinski definition) is 4. The topological polar surface area (TPSA) is 41.9 Å². The van der Waals surface area contributed by atoms with E-state index in [4.69, 9.17) is 4.74 Å². The SMILES string of the molecule is CC1=NN(CC(=O)c2ccc(F)cc2)CO1. The summed E-state index contributed by atoms with van der Waals surface area (Å²) in [5, 5.41) is 5.53. The molecule has 2 rings (SSSR count). The fraction of sp³-hybridized carbons (Fsp3) is 0.273. The summed E-state index contributed by atoms with van der Waals surface area (Å²) in [5.41, 5.74) is 0.473. The number of halogens is 1. The van der Waals surface area contributed by atoms with Gasteiger partial charge in [0.2, 0.25) is 5.90 Å². The van der Waals surface area contributed by atoms with E-state index in [1.54, 1.807) is 6.92 Å². The number of carbonyl (C=O) groups is 1. The van der Waals surface area contributed by atoms with Crippen molar-refractivity contribution in [2.45, 2.75) is 6.92 Å². The maximum atomic E-state index is 12.6. The van der Waals surface area contributed by atoms with Crippen molar-refractivity contribution in [1.29, 1.82) is 0 Å². The molecule has 16 heavy (non-hydrogen) atoms. The summed E-state index contributed by atoms with van der Waals surface area (Å²) >= 11 is 0. The van der Waals surface area contributed by atoms with E-state index in [-0.39, 0.29) is 18.1 Å². The van der Waals surface area contributed by atoms with Gasteiger partial charge in [-0.15, -0.1) is 5.10 Å². The van der Waals surface area contributed by atoms with Gasteiger partial charge in [-0.2, -0.15) is 0 Å². The first-order chi connectivity index (χ1) is 7.65. The van der Waals surface area contributed by atoms with Crippen molar-refractivity contribution in [3.05, 3.63) is 35.6 Å². The standard InChI is InChI=1S/C11H11FN2O2/c1-8-13-14(7-16-8)6-11(15)9-2-4-10(12)5-3-9/h2-5H,6-7H2,1H3. The third kappa shape index (κ3) is 2.36. The molecule has 1 heterocycles. The molecule has 4 nitrogen and oxygen atoms in total. The smallest absolute Gasteiger partial charge is 0.204 e. The maximum absolute atomic E-state index is 12.6. The third-order valence-corrected chi connectivity index (χ3v) is 2.20. The molecule has 0 fully saturated rings. The largest absolute Gasteiger partial charge is 0.457 e. The van der Waals surface area contributed by atoms with Crippen molar-refractivity contribution < 1.29 is 13.9 Å². The molecule has 0 saturated carbocycles. The van der Waals surface area contributed by atoms with Crippen LogP contribution >= 0.6 is 0 Å². The number of ketones is 1. The Morgan fingerprint density at radius 3 is 2.75 bits per heavy atom. The van der Waals surface area contributed by atoms with Gasteiger partial charge >= 0.3 is 0 Å². The Balaban J connectivity index is 2.01. The highest BCUT2D eigenvalue weighted by molar-refractivity contribution is 5.97. The zero-order chi connectivity index (χ0) is 11.5. The van der Waals surface area contributed by atoms with Crippen molar-refractivity contribution >= 4 is 11.7 Å². The van der Waals surface area contributed by atoms with Gasteiger partial charge in [0.05, 0.1) is 0 Å². The summed E-state index contributed by atoms with van der Waals surface area (Å²) in [7, 11) is 0. The first-order valence-electron chi connectivity index (χ1n) is 4.87. The molecule has 0 aliphatic carbocycles. The quantitative estimate of drug-likeness (QED) is 0.730. The van der Waals surface area contributed by atoms with Gasteiger partial charge < -0.3 is 4.74 Å². The highest BCUT2D eigenvalue weighted by Gasteiger charge is 2.16. The Morgan fingerprint density at radius 2 is 2.19 bits per heavy atom. The van der Waals surface area contributed by atoms with Crippen LogP contribution in [0.1, 0.15) is 17.3 Å². The van der Waals surface area contributed by atoms with Crippen molar-refractivity contribution in [3.8, 4) is 0 Å². The van der Waals surface area contributed by atoms with Crippen LogP contribution in [0.3, 0.4) is 0 Å². The first kappa shape index (κ1) is 10.6. The van der Waals surface area contributed by atoms with Crippen molar-refractivity contribution in [3.63, 3.8) is 0 Å². The van der Waals surface area contributed by atoms with Gasteiger partial charge in [-0.1, -0.05) is 0 Å². The Hall–Kier alpha value is -1.91. The van der Waals surface area contributed by atoms with Gasteiger partial charge in [-0.3, -0.25) is 9.80 Å². The highest BCUT2D eigenvalue weighted by Crippen LogP contribution is 2.07. The van der Waals surface area contributed by atoms with Crippen LogP contribution in [0.2, 0.25) is 0 Å². The molecule has 1 aromatic rings. The molecule has 0 amide bonds. The predicted octanol–water partition coefficient (Wildman–Crippen LogP) is 1.63. The van der Waals surface area contributed by atoms with Gasteiger partial charge in [-0.05, 0) is 24.3 Å². The van der Waals surface area contributed by atoms with E-state index in [0.717, 1.165) is 0 Å². The summed E-state index contributed by atoms with van der Waals surface area (Å²) in [6.07, 6.45) is 0. The number of hydrogen-bond donors (Lipinski definition) is 0. The number of hydrazone groups is 1. The summed E-state index contributed by atoms with van der Waals surface area (Å²) in [6.45, 7) is 2.16. The number of ether oxygens (including phenoxy) is 1. The van der Waals surface area contributed by atoms with Crippen LogP contribution in [0.25, 0.3) is 0 Å². The van der Waals surface area contributed by atoms with Crippen LogP contribution < -0.4 is 0 Å². The molecule has 0 saturated heterocycles. The fourth-order valence-electron chi connectivity index (χ4n) is 1.40. The molecule has 0 unspecified atom stereocenters. The lowest BCUT2D eigenvalue weighted by Crippen LogP contribution is -2.23. The Bertz CT molecular complexity index is 428. The van der Waals surface area contributed by atoms with Gasteiger partial charge in [-0.25, -0.2) is 4.39 Å². The van der Waals surface area contributed by atoms with Crippen LogP contribution in [0.4, 0.5) is 4.39 Å². The lowest BCUT2D eigenvalue weighted by atomic mass is 10.1. The van der Waals surface area contributed by atoms with Gasteiger partial charge in [0.15, 0.2) is 12.5 Å². The molecule has 1 aliphatic rings. The molecule has 0 spiro atoms. The minimum Gasteiger partial charge on any atom is -0.457 e. The highest BCUT2D eigenvalue weighted by atomic mass is 19.1.